The summed E-state index contributed by atoms with van der Waals surface area (Å²) >= 11 is 0. The van der Waals surface area contributed by atoms with E-state index in [4.69, 9.17) is 0 Å². The van der Waals surface area contributed by atoms with Gasteiger partial charge < -0.3 is 16.0 Å². The molecule has 0 radical (unpaired) electrons. The van der Waals surface area contributed by atoms with E-state index in [0.717, 1.165) is 18.4 Å². The number of sulfonamides is 1. The van der Waals surface area contributed by atoms with E-state index in [9.17, 15) is 18.0 Å². The molecule has 0 spiro atoms. The lowest BCUT2D eigenvalue weighted by molar-refractivity contribution is -0.114. The predicted octanol–water partition coefficient (Wildman–Crippen LogP) is 3.45. The summed E-state index contributed by atoms with van der Waals surface area (Å²) in [5.41, 5.74) is 2.46. The Bertz CT molecular complexity index is 1270. The minimum absolute atomic E-state index is 0.0587. The van der Waals surface area contributed by atoms with Crippen LogP contribution in [0.25, 0.3) is 0 Å². The molecule has 0 aromatic heterocycles. The molecule has 1 fully saturated rings. The van der Waals surface area contributed by atoms with Gasteiger partial charge in [0.05, 0.1) is 17.0 Å². The normalized spacial score (nSPS) is 13.8. The van der Waals surface area contributed by atoms with Crippen LogP contribution in [0.15, 0.2) is 83.8 Å². The largest absolute Gasteiger partial charge is 0.376 e. The highest BCUT2D eigenvalue weighted by Crippen LogP contribution is 2.22. The van der Waals surface area contributed by atoms with Gasteiger partial charge in [-0.2, -0.15) is 4.31 Å². The molecule has 1 aliphatic rings. The molecule has 0 aliphatic carbocycles. The Kier molecular flexibility index (Phi) is 7.79. The van der Waals surface area contributed by atoms with Crippen LogP contribution in [0.2, 0.25) is 0 Å². The highest BCUT2D eigenvalue weighted by Gasteiger charge is 2.26. The first-order valence-electron chi connectivity index (χ1n) is 11.5. The van der Waals surface area contributed by atoms with Gasteiger partial charge in [-0.3, -0.25) is 9.59 Å². The van der Waals surface area contributed by atoms with Crippen LogP contribution in [-0.4, -0.2) is 44.2 Å². The first-order chi connectivity index (χ1) is 16.9. The number of amides is 2. The van der Waals surface area contributed by atoms with Gasteiger partial charge in [-0.1, -0.05) is 42.5 Å². The van der Waals surface area contributed by atoms with Crippen molar-refractivity contribution in [2.45, 2.75) is 24.3 Å². The molecule has 182 valence electrons. The van der Waals surface area contributed by atoms with Crippen LogP contribution in [0.4, 0.5) is 11.4 Å². The van der Waals surface area contributed by atoms with Gasteiger partial charge in [0.25, 0.3) is 5.91 Å². The van der Waals surface area contributed by atoms with Crippen LogP contribution < -0.4 is 16.0 Å². The molecule has 0 saturated carbocycles. The molecule has 1 saturated heterocycles. The van der Waals surface area contributed by atoms with Crippen LogP contribution in [0.3, 0.4) is 0 Å². The smallest absolute Gasteiger partial charge is 0.253 e. The number of para-hydroxylation sites is 1. The Morgan fingerprint density at radius 1 is 0.829 bits per heavy atom. The molecule has 8 nitrogen and oxygen atoms in total. The minimum atomic E-state index is -3.50. The van der Waals surface area contributed by atoms with Gasteiger partial charge in [-0.15, -0.1) is 0 Å². The van der Waals surface area contributed by atoms with Crippen molar-refractivity contribution in [2.24, 2.45) is 0 Å². The fraction of sp³-hybridized carbons (Fsp3) is 0.231. The average molecular weight is 493 g/mol. The van der Waals surface area contributed by atoms with Gasteiger partial charge in [-0.05, 0) is 54.8 Å². The fourth-order valence-electron chi connectivity index (χ4n) is 3.88. The Labute approximate surface area is 205 Å². The van der Waals surface area contributed by atoms with Crippen molar-refractivity contribution in [1.82, 2.24) is 9.62 Å². The lowest BCUT2D eigenvalue weighted by Gasteiger charge is -2.16. The molecule has 35 heavy (non-hydrogen) atoms. The number of nitrogens with one attached hydrogen (secondary N) is 3. The van der Waals surface area contributed by atoms with Gasteiger partial charge in [0, 0.05) is 31.0 Å². The number of hydrogen-bond acceptors (Lipinski definition) is 5. The van der Waals surface area contributed by atoms with Crippen molar-refractivity contribution >= 4 is 33.2 Å². The van der Waals surface area contributed by atoms with Gasteiger partial charge in [0.1, 0.15) is 0 Å². The van der Waals surface area contributed by atoms with E-state index in [-0.39, 0.29) is 23.3 Å². The van der Waals surface area contributed by atoms with E-state index in [1.165, 1.54) is 16.4 Å². The first-order valence-corrected chi connectivity index (χ1v) is 12.9. The van der Waals surface area contributed by atoms with Gasteiger partial charge in [-0.25, -0.2) is 8.42 Å². The molecule has 0 unspecified atom stereocenters. The van der Waals surface area contributed by atoms with Crippen LogP contribution in [0.1, 0.15) is 28.8 Å². The highest BCUT2D eigenvalue weighted by molar-refractivity contribution is 7.89. The summed E-state index contributed by atoms with van der Waals surface area (Å²) in [6.45, 7) is 1.42. The third kappa shape index (κ3) is 6.26. The molecule has 9 heteroatoms. The third-order valence-electron chi connectivity index (χ3n) is 5.75. The van der Waals surface area contributed by atoms with E-state index in [2.05, 4.69) is 16.0 Å². The standard InChI is InChI=1S/C26H28N4O4S/c31-25(29-21-12-14-22(15-13-21)35(33,34)30-16-6-7-17-30)19-27-24-11-5-4-10-23(24)26(32)28-18-20-8-2-1-3-9-20/h1-5,8-15,27H,6-7,16-19H2,(H,28,32)(H,29,31). The quantitative estimate of drug-likeness (QED) is 0.424. The second kappa shape index (κ2) is 11.2. The zero-order valence-corrected chi connectivity index (χ0v) is 20.1. The molecule has 0 bridgehead atoms. The Morgan fingerprint density at radius 2 is 1.49 bits per heavy atom. The van der Waals surface area contributed by atoms with E-state index in [1.54, 1.807) is 36.4 Å². The van der Waals surface area contributed by atoms with Crippen molar-refractivity contribution in [1.29, 1.82) is 0 Å². The summed E-state index contributed by atoms with van der Waals surface area (Å²) in [6.07, 6.45) is 1.75. The second-order valence-electron chi connectivity index (χ2n) is 8.25. The van der Waals surface area contributed by atoms with Crippen molar-refractivity contribution in [3.63, 3.8) is 0 Å². The summed E-state index contributed by atoms with van der Waals surface area (Å²) in [4.78, 5) is 25.4. The highest BCUT2D eigenvalue weighted by atomic mass is 32.2. The number of carbonyl (C=O) groups excluding carboxylic acids is 2. The van der Waals surface area contributed by atoms with E-state index in [0.29, 0.717) is 36.6 Å². The van der Waals surface area contributed by atoms with Crippen LogP contribution in [-0.2, 0) is 21.4 Å². The minimum Gasteiger partial charge on any atom is -0.376 e. The Morgan fingerprint density at radius 3 is 2.20 bits per heavy atom. The number of benzene rings is 3. The summed E-state index contributed by atoms with van der Waals surface area (Å²) in [7, 11) is -3.50. The van der Waals surface area contributed by atoms with Crippen LogP contribution >= 0.6 is 0 Å². The van der Waals surface area contributed by atoms with E-state index < -0.39 is 10.0 Å². The topological polar surface area (TPSA) is 108 Å². The lowest BCUT2D eigenvalue weighted by atomic mass is 10.1. The van der Waals surface area contributed by atoms with Crippen LogP contribution in [0, 0.1) is 0 Å². The Hall–Kier alpha value is -3.69. The SMILES string of the molecule is O=C(CNc1ccccc1C(=O)NCc1ccccc1)Nc1ccc(S(=O)(=O)N2CCCC2)cc1. The number of nitrogens with zero attached hydrogens (tertiary/aromatic N) is 1. The van der Waals surface area contributed by atoms with Gasteiger partial charge in [0.2, 0.25) is 15.9 Å². The molecular formula is C26H28N4O4S. The molecule has 2 amide bonds. The van der Waals surface area contributed by atoms with E-state index in [1.807, 2.05) is 30.3 Å². The van der Waals surface area contributed by atoms with E-state index >= 15 is 0 Å². The molecule has 1 heterocycles. The van der Waals surface area contributed by atoms with Crippen molar-refractivity contribution in [3.8, 4) is 0 Å². The molecule has 3 aromatic rings. The summed E-state index contributed by atoms with van der Waals surface area (Å²) < 4.78 is 26.8. The van der Waals surface area contributed by atoms with Gasteiger partial charge >= 0.3 is 0 Å². The molecule has 3 aromatic carbocycles. The first kappa shape index (κ1) is 24.4. The average Bonchev–Trinajstić information content (AvgIpc) is 3.43. The number of hydrogen-bond donors (Lipinski definition) is 3. The predicted molar refractivity (Wildman–Crippen MR) is 136 cm³/mol. The van der Waals surface area contributed by atoms with Crippen LogP contribution in [0.5, 0.6) is 0 Å². The van der Waals surface area contributed by atoms with Crippen molar-refractivity contribution in [3.05, 3.63) is 90.0 Å². The maximum absolute atomic E-state index is 12.7. The molecule has 1 aliphatic heterocycles. The summed E-state index contributed by atoms with van der Waals surface area (Å²) in [5, 5.41) is 8.64. The second-order valence-corrected chi connectivity index (χ2v) is 10.2. The molecule has 3 N–H and O–H groups in total. The number of anilines is 2. The van der Waals surface area contributed by atoms with Gasteiger partial charge in [0.15, 0.2) is 0 Å². The zero-order valence-electron chi connectivity index (χ0n) is 19.2. The third-order valence-corrected chi connectivity index (χ3v) is 7.66. The summed E-state index contributed by atoms with van der Waals surface area (Å²) in [6, 6.07) is 22.7. The summed E-state index contributed by atoms with van der Waals surface area (Å²) in [5.74, 6) is -0.563. The lowest BCUT2D eigenvalue weighted by Crippen LogP contribution is -2.28. The number of carbonyl (C=O) groups is 2. The molecule has 0 atom stereocenters. The molecule has 4 rings (SSSR count). The zero-order chi connectivity index (χ0) is 24.7. The van der Waals surface area contributed by atoms with Crippen molar-refractivity contribution in [2.75, 3.05) is 30.3 Å². The number of rotatable bonds is 9. The van der Waals surface area contributed by atoms with Crippen molar-refractivity contribution < 1.29 is 18.0 Å². The maximum atomic E-state index is 12.7. The Balaban J connectivity index is 1.32. The maximum Gasteiger partial charge on any atom is 0.253 e. The monoisotopic (exact) mass is 492 g/mol. The fourth-order valence-corrected chi connectivity index (χ4v) is 5.39. The molecular weight excluding hydrogens is 464 g/mol.